The zero-order chi connectivity index (χ0) is 11.4. The predicted molar refractivity (Wildman–Crippen MR) is 68.5 cm³/mol. The Balaban J connectivity index is 1.86. The van der Waals surface area contributed by atoms with Gasteiger partial charge in [0, 0.05) is 0 Å². The van der Waals surface area contributed by atoms with Crippen molar-refractivity contribution in [1.29, 1.82) is 0 Å². The van der Waals surface area contributed by atoms with Crippen LogP contribution in [-0.4, -0.2) is 45.1 Å². The van der Waals surface area contributed by atoms with Crippen molar-refractivity contribution in [1.82, 2.24) is 4.90 Å². The van der Waals surface area contributed by atoms with E-state index in [0.29, 0.717) is 10.9 Å². The lowest BCUT2D eigenvalue weighted by atomic mass is 9.51. The summed E-state index contributed by atoms with van der Waals surface area (Å²) in [6, 6.07) is 0. The van der Waals surface area contributed by atoms with E-state index in [2.05, 4.69) is 26.7 Å². The Morgan fingerprint density at radius 1 is 1.31 bits per heavy atom. The van der Waals surface area contributed by atoms with Gasteiger partial charge >= 0.3 is 0 Å². The SMILES string of the molecule is BC1(C)CCC2CCN(C)C3(COC3)C2C1. The van der Waals surface area contributed by atoms with Crippen LogP contribution >= 0.6 is 0 Å². The smallest absolute Gasteiger partial charge is 0.109 e. The summed E-state index contributed by atoms with van der Waals surface area (Å²) in [5, 5.41) is 0.557. The van der Waals surface area contributed by atoms with Crippen LogP contribution in [-0.2, 0) is 4.74 Å². The molecule has 0 aromatic rings. The molecule has 90 valence electrons. The van der Waals surface area contributed by atoms with Gasteiger partial charge in [-0.05, 0) is 31.8 Å². The predicted octanol–water partition coefficient (Wildman–Crippen LogP) is 1.32. The summed E-state index contributed by atoms with van der Waals surface area (Å²) in [4.78, 5) is 2.60. The van der Waals surface area contributed by atoms with Gasteiger partial charge in [-0.1, -0.05) is 31.5 Å². The molecule has 0 N–H and O–H groups in total. The molecule has 2 saturated heterocycles. The van der Waals surface area contributed by atoms with Crippen LogP contribution in [0.4, 0.5) is 0 Å². The summed E-state index contributed by atoms with van der Waals surface area (Å²) in [5.74, 6) is 1.87. The Kier molecular flexibility index (Phi) is 2.42. The number of likely N-dealkylation sites (N-methyl/N-ethyl adjacent to an activating group) is 1. The third-order valence-corrected chi connectivity index (χ3v) is 5.52. The molecule has 3 aliphatic rings. The van der Waals surface area contributed by atoms with E-state index in [0.717, 1.165) is 25.0 Å². The number of rotatable bonds is 0. The molecular weight excluding hydrogens is 197 g/mol. The average molecular weight is 221 g/mol. The molecule has 3 atom stereocenters. The highest BCUT2D eigenvalue weighted by Gasteiger charge is 2.55. The molecule has 3 heteroatoms. The number of hydrogen-bond donors (Lipinski definition) is 0. The highest BCUT2D eigenvalue weighted by Crippen LogP contribution is 2.54. The van der Waals surface area contributed by atoms with Crippen LogP contribution in [0, 0.1) is 11.8 Å². The van der Waals surface area contributed by atoms with Gasteiger partial charge in [0.2, 0.25) is 0 Å². The van der Waals surface area contributed by atoms with Gasteiger partial charge in [-0.2, -0.15) is 0 Å². The van der Waals surface area contributed by atoms with Gasteiger partial charge in [0.25, 0.3) is 0 Å². The first-order chi connectivity index (χ1) is 7.54. The molecule has 1 spiro atoms. The first-order valence-electron chi connectivity index (χ1n) is 6.83. The number of hydrogen-bond acceptors (Lipinski definition) is 2. The van der Waals surface area contributed by atoms with Crippen LogP contribution < -0.4 is 0 Å². The third-order valence-electron chi connectivity index (χ3n) is 5.52. The summed E-state index contributed by atoms with van der Waals surface area (Å²) in [7, 11) is 4.76. The molecule has 3 rings (SSSR count). The molecular formula is C13H24BNO. The fraction of sp³-hybridized carbons (Fsp3) is 1.00. The minimum absolute atomic E-state index is 0.417. The van der Waals surface area contributed by atoms with E-state index in [1.807, 2.05) is 0 Å². The van der Waals surface area contributed by atoms with Crippen LogP contribution in [0.3, 0.4) is 0 Å². The second kappa shape index (κ2) is 3.49. The fourth-order valence-corrected chi connectivity index (χ4v) is 4.23. The Labute approximate surface area is 100 Å². The molecule has 3 fully saturated rings. The van der Waals surface area contributed by atoms with Gasteiger partial charge in [-0.3, -0.25) is 4.90 Å². The lowest BCUT2D eigenvalue weighted by molar-refractivity contribution is -0.198. The number of likely N-dealkylation sites (tertiary alicyclic amines) is 1. The molecule has 0 amide bonds. The van der Waals surface area contributed by atoms with E-state index in [1.54, 1.807) is 0 Å². The zero-order valence-corrected chi connectivity index (χ0v) is 11.0. The Hall–Kier alpha value is -0.0151. The molecule has 2 nitrogen and oxygen atoms in total. The monoisotopic (exact) mass is 221 g/mol. The van der Waals surface area contributed by atoms with E-state index in [-0.39, 0.29) is 0 Å². The van der Waals surface area contributed by atoms with Gasteiger partial charge < -0.3 is 4.74 Å². The highest BCUT2D eigenvalue weighted by atomic mass is 16.5. The van der Waals surface area contributed by atoms with E-state index >= 15 is 0 Å². The third kappa shape index (κ3) is 1.47. The van der Waals surface area contributed by atoms with E-state index in [1.165, 1.54) is 32.2 Å². The molecule has 0 aromatic heterocycles. The Bertz CT molecular complexity index is 288. The van der Waals surface area contributed by atoms with Crippen molar-refractivity contribution in [2.75, 3.05) is 26.8 Å². The van der Waals surface area contributed by atoms with Gasteiger partial charge in [0.15, 0.2) is 0 Å². The summed E-state index contributed by atoms with van der Waals surface area (Å²) < 4.78 is 5.56. The van der Waals surface area contributed by atoms with Gasteiger partial charge in [-0.15, -0.1) is 0 Å². The Morgan fingerprint density at radius 2 is 2.06 bits per heavy atom. The quantitative estimate of drug-likeness (QED) is 0.572. The number of ether oxygens (including phenoxy) is 1. The van der Waals surface area contributed by atoms with Gasteiger partial charge in [-0.25, -0.2) is 0 Å². The topological polar surface area (TPSA) is 12.5 Å². The molecule has 1 aliphatic carbocycles. The van der Waals surface area contributed by atoms with Crippen molar-refractivity contribution >= 4 is 7.85 Å². The first kappa shape index (κ1) is 11.1. The molecule has 2 aliphatic heterocycles. The van der Waals surface area contributed by atoms with Gasteiger partial charge in [0.05, 0.1) is 18.8 Å². The molecule has 0 aromatic carbocycles. The first-order valence-corrected chi connectivity index (χ1v) is 6.83. The maximum Gasteiger partial charge on any atom is 0.109 e. The fourth-order valence-electron chi connectivity index (χ4n) is 4.23. The second-order valence-corrected chi connectivity index (χ2v) is 7.08. The molecule has 0 bridgehead atoms. The standard InChI is InChI=1S/C13H24BNO/c1-12(14)5-3-10-4-6-15(2)13(8-16-9-13)11(10)7-12/h10-11H,3-9,14H2,1-2H3. The Morgan fingerprint density at radius 3 is 2.69 bits per heavy atom. The van der Waals surface area contributed by atoms with E-state index < -0.39 is 0 Å². The van der Waals surface area contributed by atoms with Crippen LogP contribution in [0.1, 0.15) is 32.6 Å². The lowest BCUT2D eigenvalue weighted by Gasteiger charge is -2.61. The summed E-state index contributed by atoms with van der Waals surface area (Å²) in [6.45, 7) is 5.71. The summed E-state index contributed by atoms with van der Waals surface area (Å²) in [6.07, 6.45) is 5.70. The van der Waals surface area contributed by atoms with Crippen LogP contribution in [0.5, 0.6) is 0 Å². The molecule has 16 heavy (non-hydrogen) atoms. The van der Waals surface area contributed by atoms with E-state index in [4.69, 9.17) is 4.74 Å². The van der Waals surface area contributed by atoms with Crippen molar-refractivity contribution in [3.63, 3.8) is 0 Å². The van der Waals surface area contributed by atoms with E-state index in [9.17, 15) is 0 Å². The largest absolute Gasteiger partial charge is 0.377 e. The normalized spacial score (nSPS) is 47.4. The second-order valence-electron chi connectivity index (χ2n) is 7.08. The van der Waals surface area contributed by atoms with Crippen LogP contribution in [0.15, 0.2) is 0 Å². The molecule has 2 heterocycles. The maximum atomic E-state index is 5.56. The van der Waals surface area contributed by atoms with Gasteiger partial charge in [0.1, 0.15) is 7.85 Å². The highest BCUT2D eigenvalue weighted by molar-refractivity contribution is 6.14. The van der Waals surface area contributed by atoms with Crippen molar-refractivity contribution in [3.8, 4) is 0 Å². The van der Waals surface area contributed by atoms with Crippen molar-refractivity contribution in [3.05, 3.63) is 0 Å². The molecule has 3 unspecified atom stereocenters. The van der Waals surface area contributed by atoms with Crippen LogP contribution in [0.25, 0.3) is 0 Å². The number of fused-ring (bicyclic) bond motifs is 2. The number of piperidine rings is 1. The van der Waals surface area contributed by atoms with Crippen molar-refractivity contribution in [2.24, 2.45) is 11.8 Å². The summed E-state index contributed by atoms with van der Waals surface area (Å²) >= 11 is 0. The van der Waals surface area contributed by atoms with Crippen molar-refractivity contribution < 1.29 is 4.74 Å². The van der Waals surface area contributed by atoms with Crippen LogP contribution in [0.2, 0.25) is 5.31 Å². The summed E-state index contributed by atoms with van der Waals surface area (Å²) in [5.41, 5.74) is 0.417. The average Bonchev–Trinajstić information content (AvgIpc) is 2.13. The molecule has 1 saturated carbocycles. The minimum Gasteiger partial charge on any atom is -0.377 e. The number of nitrogens with zero attached hydrogens (tertiary/aromatic N) is 1. The van der Waals surface area contributed by atoms with Crippen molar-refractivity contribution in [2.45, 2.75) is 43.5 Å². The maximum absolute atomic E-state index is 5.56. The lowest BCUT2D eigenvalue weighted by Crippen LogP contribution is -2.70. The molecule has 0 radical (unpaired) electrons. The minimum atomic E-state index is 0.417. The zero-order valence-electron chi connectivity index (χ0n) is 11.0.